The first-order valence-corrected chi connectivity index (χ1v) is 9.79. The Kier molecular flexibility index (Phi) is 5.69. The molecular weight excluding hydrogens is 356 g/mol. The fourth-order valence-electron chi connectivity index (χ4n) is 3.73. The number of H-pyrrole nitrogens is 1. The van der Waals surface area contributed by atoms with Gasteiger partial charge in [-0.2, -0.15) is 0 Å². The number of nitrogens with one attached hydrogen (secondary N) is 4. The highest BCUT2D eigenvalue weighted by atomic mass is 16.2. The van der Waals surface area contributed by atoms with Gasteiger partial charge in [0.15, 0.2) is 5.96 Å². The number of imidazole rings is 1. The van der Waals surface area contributed by atoms with Gasteiger partial charge in [0.1, 0.15) is 0 Å². The van der Waals surface area contributed by atoms with Gasteiger partial charge in [-0.1, -0.05) is 6.07 Å². The van der Waals surface area contributed by atoms with E-state index in [1.807, 2.05) is 17.2 Å². The molecular formula is C19H26N8O. The summed E-state index contributed by atoms with van der Waals surface area (Å²) in [6, 6.07) is 3.94. The van der Waals surface area contributed by atoms with Crippen molar-refractivity contribution in [1.29, 1.82) is 0 Å². The summed E-state index contributed by atoms with van der Waals surface area (Å²) >= 11 is 0. The van der Waals surface area contributed by atoms with Crippen molar-refractivity contribution in [3.8, 4) is 0 Å². The van der Waals surface area contributed by atoms with Crippen LogP contribution in [0.4, 0.5) is 4.79 Å². The number of fused-ring (bicyclic) bond motifs is 1. The molecule has 9 nitrogen and oxygen atoms in total. The number of hydrogen-bond donors (Lipinski definition) is 4. The van der Waals surface area contributed by atoms with Crippen LogP contribution < -0.4 is 16.0 Å². The number of carbonyl (C=O) groups excluding carboxylic acids is 1. The Hall–Kier alpha value is -3.10. The van der Waals surface area contributed by atoms with Crippen LogP contribution in [0, 0.1) is 0 Å². The second-order valence-electron chi connectivity index (χ2n) is 6.98. The molecule has 148 valence electrons. The molecule has 0 spiro atoms. The minimum absolute atomic E-state index is 0.0397. The van der Waals surface area contributed by atoms with Gasteiger partial charge in [0.05, 0.1) is 36.8 Å². The van der Waals surface area contributed by atoms with E-state index in [0.29, 0.717) is 19.6 Å². The topological polar surface area (TPSA) is 110 Å². The van der Waals surface area contributed by atoms with E-state index in [9.17, 15) is 4.79 Å². The number of pyridine rings is 1. The SMILES string of the molecule is O=C(NCCNC1=NCCN1)N(Cc1cnc[nH]1)C1CCCc2cccnc21. The van der Waals surface area contributed by atoms with Crippen LogP contribution in [0.2, 0.25) is 0 Å². The lowest BCUT2D eigenvalue weighted by Gasteiger charge is -2.34. The summed E-state index contributed by atoms with van der Waals surface area (Å²) in [6.45, 7) is 3.26. The van der Waals surface area contributed by atoms with Gasteiger partial charge in [-0.15, -0.1) is 0 Å². The number of amides is 2. The summed E-state index contributed by atoms with van der Waals surface area (Å²) in [5.41, 5.74) is 3.14. The number of urea groups is 1. The summed E-state index contributed by atoms with van der Waals surface area (Å²) in [7, 11) is 0. The number of aromatic amines is 1. The second-order valence-corrected chi connectivity index (χ2v) is 6.98. The number of aryl methyl sites for hydroxylation is 1. The predicted molar refractivity (Wildman–Crippen MR) is 106 cm³/mol. The van der Waals surface area contributed by atoms with Gasteiger partial charge in [-0.05, 0) is 30.9 Å². The molecule has 1 atom stereocenters. The van der Waals surface area contributed by atoms with Crippen LogP contribution >= 0.6 is 0 Å². The van der Waals surface area contributed by atoms with E-state index < -0.39 is 0 Å². The van der Waals surface area contributed by atoms with E-state index in [0.717, 1.165) is 49.7 Å². The molecule has 0 aromatic carbocycles. The summed E-state index contributed by atoms with van der Waals surface area (Å²) in [5.74, 6) is 0.800. The van der Waals surface area contributed by atoms with Crippen molar-refractivity contribution in [3.05, 3.63) is 47.8 Å². The third-order valence-corrected chi connectivity index (χ3v) is 5.07. The number of aliphatic imine (C=N–C) groups is 1. The zero-order valence-electron chi connectivity index (χ0n) is 15.8. The monoisotopic (exact) mass is 382 g/mol. The van der Waals surface area contributed by atoms with Crippen LogP contribution in [0.3, 0.4) is 0 Å². The lowest BCUT2D eigenvalue weighted by Crippen LogP contribution is -2.46. The first-order chi connectivity index (χ1) is 13.8. The van der Waals surface area contributed by atoms with Crippen LogP contribution in [0.1, 0.15) is 35.8 Å². The van der Waals surface area contributed by atoms with Crippen molar-refractivity contribution < 1.29 is 4.79 Å². The molecule has 3 heterocycles. The Morgan fingerprint density at radius 1 is 1.36 bits per heavy atom. The number of nitrogens with zero attached hydrogens (tertiary/aromatic N) is 4. The van der Waals surface area contributed by atoms with Gasteiger partial charge >= 0.3 is 6.03 Å². The largest absolute Gasteiger partial charge is 0.355 e. The molecule has 2 aliphatic rings. The molecule has 0 bridgehead atoms. The van der Waals surface area contributed by atoms with Crippen LogP contribution in [0.25, 0.3) is 0 Å². The highest BCUT2D eigenvalue weighted by Gasteiger charge is 2.30. The minimum atomic E-state index is -0.0961. The van der Waals surface area contributed by atoms with Crippen molar-refractivity contribution in [1.82, 2.24) is 35.8 Å². The van der Waals surface area contributed by atoms with Crippen molar-refractivity contribution in [2.75, 3.05) is 26.2 Å². The van der Waals surface area contributed by atoms with E-state index >= 15 is 0 Å². The average Bonchev–Trinajstić information content (AvgIpc) is 3.43. The standard InChI is InChI=1S/C19H26N8O/c28-19(25-10-9-24-18-22-7-8-23-18)27(12-15-11-20-13-26-15)16-5-1-3-14-4-2-6-21-17(14)16/h2,4,6,11,13,16H,1,3,5,7-10,12H2,(H,20,26)(H,25,28)(H2,22,23,24). The maximum Gasteiger partial charge on any atom is 0.318 e. The molecule has 1 aliphatic heterocycles. The van der Waals surface area contributed by atoms with Gasteiger partial charge < -0.3 is 25.8 Å². The fraction of sp³-hybridized carbons (Fsp3) is 0.474. The van der Waals surface area contributed by atoms with Gasteiger partial charge in [-0.3, -0.25) is 9.98 Å². The molecule has 0 radical (unpaired) electrons. The van der Waals surface area contributed by atoms with Gasteiger partial charge in [0.25, 0.3) is 0 Å². The van der Waals surface area contributed by atoms with Crippen molar-refractivity contribution >= 4 is 12.0 Å². The average molecular weight is 382 g/mol. The Morgan fingerprint density at radius 3 is 3.14 bits per heavy atom. The van der Waals surface area contributed by atoms with Crippen LogP contribution in [0.15, 0.2) is 35.8 Å². The molecule has 28 heavy (non-hydrogen) atoms. The number of guanidine groups is 1. The predicted octanol–water partition coefficient (Wildman–Crippen LogP) is 0.943. The van der Waals surface area contributed by atoms with Crippen LogP contribution in [-0.2, 0) is 13.0 Å². The summed E-state index contributed by atoms with van der Waals surface area (Å²) in [5, 5.41) is 9.38. The van der Waals surface area contributed by atoms with Crippen molar-refractivity contribution in [3.63, 3.8) is 0 Å². The zero-order valence-corrected chi connectivity index (χ0v) is 15.8. The highest BCUT2D eigenvalue weighted by molar-refractivity contribution is 5.81. The third kappa shape index (κ3) is 4.24. The van der Waals surface area contributed by atoms with Gasteiger partial charge in [-0.25, -0.2) is 9.78 Å². The molecule has 2 aromatic rings. The highest BCUT2D eigenvalue weighted by Crippen LogP contribution is 2.33. The van der Waals surface area contributed by atoms with E-state index in [4.69, 9.17) is 0 Å². The first-order valence-electron chi connectivity index (χ1n) is 9.79. The van der Waals surface area contributed by atoms with E-state index in [2.05, 4.69) is 42.0 Å². The van der Waals surface area contributed by atoms with E-state index in [1.54, 1.807) is 12.5 Å². The zero-order chi connectivity index (χ0) is 19.2. The third-order valence-electron chi connectivity index (χ3n) is 5.07. The number of hydrogen-bond acceptors (Lipinski definition) is 6. The smallest absolute Gasteiger partial charge is 0.318 e. The summed E-state index contributed by atoms with van der Waals surface area (Å²) in [6.07, 6.45) is 8.17. The van der Waals surface area contributed by atoms with Crippen LogP contribution in [-0.4, -0.2) is 58.0 Å². The van der Waals surface area contributed by atoms with Crippen LogP contribution in [0.5, 0.6) is 0 Å². The molecule has 1 unspecified atom stereocenters. The molecule has 0 saturated carbocycles. The molecule has 0 saturated heterocycles. The Balaban J connectivity index is 1.43. The number of carbonyl (C=O) groups is 1. The van der Waals surface area contributed by atoms with Crippen molar-refractivity contribution in [2.24, 2.45) is 4.99 Å². The molecule has 1 aliphatic carbocycles. The lowest BCUT2D eigenvalue weighted by molar-refractivity contribution is 0.159. The molecule has 4 rings (SSSR count). The Morgan fingerprint density at radius 2 is 2.32 bits per heavy atom. The second kappa shape index (κ2) is 8.73. The normalized spacial score (nSPS) is 18.0. The fourth-order valence-corrected chi connectivity index (χ4v) is 3.73. The minimum Gasteiger partial charge on any atom is -0.355 e. The molecule has 0 fully saturated rings. The number of rotatable bonds is 6. The molecule has 2 aromatic heterocycles. The van der Waals surface area contributed by atoms with E-state index in [-0.39, 0.29) is 12.1 Å². The Labute approximate surface area is 164 Å². The van der Waals surface area contributed by atoms with Gasteiger partial charge in [0, 0.05) is 32.0 Å². The maximum atomic E-state index is 13.1. The van der Waals surface area contributed by atoms with Crippen molar-refractivity contribution in [2.45, 2.75) is 31.8 Å². The Bertz CT molecular complexity index is 819. The molecule has 4 N–H and O–H groups in total. The van der Waals surface area contributed by atoms with Gasteiger partial charge in [0.2, 0.25) is 0 Å². The lowest BCUT2D eigenvalue weighted by atomic mass is 9.91. The summed E-state index contributed by atoms with van der Waals surface area (Å²) in [4.78, 5) is 31.0. The quantitative estimate of drug-likeness (QED) is 0.556. The van der Waals surface area contributed by atoms with E-state index in [1.165, 1.54) is 5.56 Å². The summed E-state index contributed by atoms with van der Waals surface area (Å²) < 4.78 is 0. The molecule has 9 heteroatoms. The maximum absolute atomic E-state index is 13.1. The first kappa shape index (κ1) is 18.3. The number of aromatic nitrogens is 3. The molecule has 2 amide bonds.